The van der Waals surface area contributed by atoms with Crippen molar-refractivity contribution in [2.45, 2.75) is 44.9 Å². The van der Waals surface area contributed by atoms with E-state index in [1.54, 1.807) is 0 Å². The van der Waals surface area contributed by atoms with Gasteiger partial charge in [0.2, 0.25) is 11.8 Å². The van der Waals surface area contributed by atoms with Crippen molar-refractivity contribution in [2.75, 3.05) is 0 Å². The van der Waals surface area contributed by atoms with E-state index >= 15 is 0 Å². The number of hydrogen-bond acceptors (Lipinski definition) is 2. The minimum atomic E-state index is -0.195. The molecule has 112 valence electrons. The minimum absolute atomic E-state index is 0.106. The first-order chi connectivity index (χ1) is 10.0. The molecule has 0 bridgehead atoms. The van der Waals surface area contributed by atoms with Crippen LogP contribution in [0.25, 0.3) is 0 Å². The molecule has 1 aromatic carbocycles. The molecule has 0 radical (unpaired) electrons. The van der Waals surface area contributed by atoms with Crippen LogP contribution in [0.4, 0.5) is 0 Å². The molecule has 3 rings (SSSR count). The summed E-state index contributed by atoms with van der Waals surface area (Å²) in [6, 6.07) is 7.95. The van der Waals surface area contributed by atoms with Crippen molar-refractivity contribution in [3.05, 3.63) is 34.3 Å². The summed E-state index contributed by atoms with van der Waals surface area (Å²) in [5, 5.41) is 2.54. The third kappa shape index (κ3) is 2.66. The van der Waals surface area contributed by atoms with Crippen LogP contribution in [-0.4, -0.2) is 11.8 Å². The first-order valence-corrected chi connectivity index (χ1v) is 8.42. The number of piperidine rings is 1. The smallest absolute Gasteiger partial charge is 0.234 e. The van der Waals surface area contributed by atoms with Crippen LogP contribution in [0.2, 0.25) is 0 Å². The van der Waals surface area contributed by atoms with Gasteiger partial charge in [0.15, 0.2) is 0 Å². The number of carbonyl (C=O) groups is 2. The summed E-state index contributed by atoms with van der Waals surface area (Å²) in [6.45, 7) is 2.20. The van der Waals surface area contributed by atoms with Crippen LogP contribution in [0.3, 0.4) is 0 Å². The molecule has 1 aliphatic heterocycles. The van der Waals surface area contributed by atoms with Crippen LogP contribution in [0.5, 0.6) is 0 Å². The molecule has 1 spiro atoms. The normalized spacial score (nSPS) is 32.5. The highest BCUT2D eigenvalue weighted by Gasteiger charge is 2.52. The predicted molar refractivity (Wildman–Crippen MR) is 84.7 cm³/mol. The number of benzene rings is 1. The average Bonchev–Trinajstić information content (AvgIpc) is 2.83. The number of nitrogens with one attached hydrogen (secondary N) is 1. The third-order valence-electron chi connectivity index (χ3n) is 5.18. The van der Waals surface area contributed by atoms with Crippen molar-refractivity contribution in [3.8, 4) is 0 Å². The molecule has 0 aromatic heterocycles. The van der Waals surface area contributed by atoms with Gasteiger partial charge in [-0.15, -0.1) is 0 Å². The van der Waals surface area contributed by atoms with Crippen molar-refractivity contribution in [2.24, 2.45) is 11.3 Å². The second kappa shape index (κ2) is 5.56. The SMILES string of the molecule is CCC1CCC2(CC(=O)NC(=O)C2c2ccc(Br)cc2)C1. The number of imide groups is 1. The molecule has 4 heteroatoms. The van der Waals surface area contributed by atoms with Gasteiger partial charge in [-0.25, -0.2) is 0 Å². The number of carbonyl (C=O) groups excluding carboxylic acids is 2. The largest absolute Gasteiger partial charge is 0.296 e. The lowest BCUT2D eigenvalue weighted by Gasteiger charge is -2.40. The monoisotopic (exact) mass is 349 g/mol. The first-order valence-electron chi connectivity index (χ1n) is 7.63. The Kier molecular flexibility index (Phi) is 3.91. The Labute approximate surface area is 133 Å². The summed E-state index contributed by atoms with van der Waals surface area (Å²) >= 11 is 3.44. The van der Waals surface area contributed by atoms with E-state index in [-0.39, 0.29) is 23.1 Å². The summed E-state index contributed by atoms with van der Waals surface area (Å²) in [7, 11) is 0. The van der Waals surface area contributed by atoms with Gasteiger partial charge in [-0.3, -0.25) is 14.9 Å². The maximum absolute atomic E-state index is 12.5. The molecule has 3 nitrogen and oxygen atoms in total. The molecule has 1 heterocycles. The fourth-order valence-electron chi connectivity index (χ4n) is 4.16. The van der Waals surface area contributed by atoms with Crippen molar-refractivity contribution in [3.63, 3.8) is 0 Å². The molecular weight excluding hydrogens is 330 g/mol. The highest BCUT2D eigenvalue weighted by molar-refractivity contribution is 9.10. The second-order valence-corrected chi connectivity index (χ2v) is 7.37. The standard InChI is InChI=1S/C17H20BrNO2/c1-2-11-7-8-17(9-11)10-14(20)19-16(21)15(17)12-3-5-13(18)6-4-12/h3-6,11,15H,2,7-10H2,1H3,(H,19,20,21). The Balaban J connectivity index is 1.99. The lowest BCUT2D eigenvalue weighted by molar-refractivity contribution is -0.140. The number of halogens is 1. The Bertz CT molecular complexity index is 569. The Morgan fingerprint density at radius 3 is 2.62 bits per heavy atom. The number of hydrogen-bond donors (Lipinski definition) is 1. The number of rotatable bonds is 2. The lowest BCUT2D eigenvalue weighted by atomic mass is 9.65. The molecule has 3 unspecified atom stereocenters. The second-order valence-electron chi connectivity index (χ2n) is 6.45. The summed E-state index contributed by atoms with van der Waals surface area (Å²) in [5.41, 5.74) is 0.855. The van der Waals surface area contributed by atoms with Gasteiger partial charge in [0.25, 0.3) is 0 Å². The van der Waals surface area contributed by atoms with Gasteiger partial charge in [-0.2, -0.15) is 0 Å². The lowest BCUT2D eigenvalue weighted by Crippen LogP contribution is -2.49. The van der Waals surface area contributed by atoms with Crippen LogP contribution >= 0.6 is 15.9 Å². The predicted octanol–water partition coefficient (Wildman–Crippen LogP) is 3.78. The highest BCUT2D eigenvalue weighted by atomic mass is 79.9. The van der Waals surface area contributed by atoms with Crippen LogP contribution < -0.4 is 5.32 Å². The summed E-state index contributed by atoms with van der Waals surface area (Å²) in [6.07, 6.45) is 4.71. The molecule has 1 N–H and O–H groups in total. The summed E-state index contributed by atoms with van der Waals surface area (Å²) in [4.78, 5) is 24.4. The fourth-order valence-corrected chi connectivity index (χ4v) is 4.42. The third-order valence-corrected chi connectivity index (χ3v) is 5.70. The molecule has 2 amide bonds. The molecule has 3 atom stereocenters. The van der Waals surface area contributed by atoms with E-state index in [4.69, 9.17) is 0 Å². The average molecular weight is 350 g/mol. The summed E-state index contributed by atoms with van der Waals surface area (Å²) < 4.78 is 1.01. The molecule has 1 saturated carbocycles. The van der Waals surface area contributed by atoms with Gasteiger partial charge < -0.3 is 0 Å². The maximum Gasteiger partial charge on any atom is 0.234 e. The van der Waals surface area contributed by atoms with Crippen LogP contribution in [0.15, 0.2) is 28.7 Å². The molecule has 1 saturated heterocycles. The van der Waals surface area contributed by atoms with Gasteiger partial charge >= 0.3 is 0 Å². The zero-order valence-electron chi connectivity index (χ0n) is 12.2. The first kappa shape index (κ1) is 14.8. The van der Waals surface area contributed by atoms with Crippen molar-refractivity contribution in [1.29, 1.82) is 0 Å². The minimum Gasteiger partial charge on any atom is -0.296 e. The molecule has 2 fully saturated rings. The van der Waals surface area contributed by atoms with Crippen molar-refractivity contribution < 1.29 is 9.59 Å². The van der Waals surface area contributed by atoms with Crippen LogP contribution in [-0.2, 0) is 9.59 Å². The van der Waals surface area contributed by atoms with E-state index in [1.165, 1.54) is 0 Å². The van der Waals surface area contributed by atoms with Gasteiger partial charge in [-0.1, -0.05) is 41.4 Å². The number of amides is 2. The molecule has 21 heavy (non-hydrogen) atoms. The van der Waals surface area contributed by atoms with E-state index < -0.39 is 0 Å². The van der Waals surface area contributed by atoms with Gasteiger partial charge in [0.05, 0.1) is 5.92 Å². The fraction of sp³-hybridized carbons (Fsp3) is 0.529. The van der Waals surface area contributed by atoms with Gasteiger partial charge in [0, 0.05) is 10.9 Å². The Morgan fingerprint density at radius 2 is 2.00 bits per heavy atom. The van der Waals surface area contributed by atoms with Gasteiger partial charge in [-0.05, 0) is 48.3 Å². The van der Waals surface area contributed by atoms with Crippen LogP contribution in [0.1, 0.15) is 50.5 Å². The van der Waals surface area contributed by atoms with E-state index in [1.807, 2.05) is 24.3 Å². The maximum atomic E-state index is 12.5. The molecular formula is C17H20BrNO2. The summed E-state index contributed by atoms with van der Waals surface area (Å²) in [5.74, 6) is 0.219. The van der Waals surface area contributed by atoms with Crippen LogP contribution in [0, 0.1) is 11.3 Å². The highest BCUT2D eigenvalue weighted by Crippen LogP contribution is 2.55. The molecule has 1 aliphatic carbocycles. The zero-order valence-corrected chi connectivity index (χ0v) is 13.8. The van der Waals surface area contributed by atoms with Gasteiger partial charge in [0.1, 0.15) is 0 Å². The van der Waals surface area contributed by atoms with E-state index in [9.17, 15) is 9.59 Å². The Hall–Kier alpha value is -1.16. The van der Waals surface area contributed by atoms with Crippen molar-refractivity contribution >= 4 is 27.7 Å². The topological polar surface area (TPSA) is 46.2 Å². The van der Waals surface area contributed by atoms with E-state index in [0.29, 0.717) is 12.3 Å². The van der Waals surface area contributed by atoms with Crippen molar-refractivity contribution in [1.82, 2.24) is 5.32 Å². The Morgan fingerprint density at radius 1 is 1.29 bits per heavy atom. The molecule has 2 aliphatic rings. The quantitative estimate of drug-likeness (QED) is 0.826. The molecule has 1 aromatic rings. The van der Waals surface area contributed by atoms with E-state index in [0.717, 1.165) is 35.7 Å². The zero-order chi connectivity index (χ0) is 15.0. The van der Waals surface area contributed by atoms with E-state index in [2.05, 4.69) is 28.2 Å².